The molecular weight excluding hydrogens is 609 g/mol. The lowest BCUT2D eigenvalue weighted by molar-refractivity contribution is -0.155. The van der Waals surface area contributed by atoms with Crippen LogP contribution in [0.2, 0.25) is 0 Å². The van der Waals surface area contributed by atoms with E-state index in [1.54, 1.807) is 12.3 Å². The predicted molar refractivity (Wildman–Crippen MR) is 141 cm³/mol. The summed E-state index contributed by atoms with van der Waals surface area (Å²) >= 11 is 0. The van der Waals surface area contributed by atoms with Crippen LogP contribution in [0, 0.1) is 25.2 Å². The van der Waals surface area contributed by atoms with Gasteiger partial charge in [-0.1, -0.05) is 5.16 Å². The second-order valence-electron chi connectivity index (χ2n) is 11.8. The topological polar surface area (TPSA) is 166 Å². The van der Waals surface area contributed by atoms with Gasteiger partial charge in [0.2, 0.25) is 23.6 Å². The molecule has 2 aliphatic rings. The number of alkyl halides is 5. The van der Waals surface area contributed by atoms with E-state index in [0.29, 0.717) is 11.3 Å². The standard InChI is InChI=1S/C27H28F5N9O4/c1-13-21(40-45-39-13)23(42)36-22(16-3-5-26(28,29)6-4-16)17-12-41-19(34-17)7-15(11-33-41)8-25(10-20-38-37-14(2)44-20)9-18(27(30,31)32)35-24(25)43/h7,11-12,16,18,22H,3-6,8-10H2,1-2H3,(H,35,43)(H,36,42)/t18-,22-,25-/m0/s1. The van der Waals surface area contributed by atoms with Crippen LogP contribution in [0.3, 0.4) is 0 Å². The van der Waals surface area contributed by atoms with E-state index in [0.717, 1.165) is 0 Å². The minimum atomic E-state index is -4.66. The van der Waals surface area contributed by atoms with Crippen LogP contribution in [-0.4, -0.2) is 65.1 Å². The van der Waals surface area contributed by atoms with Crippen molar-refractivity contribution in [2.45, 2.75) is 83.0 Å². The SMILES string of the molecule is Cc1nnc(C[C@]2(Cc3cnn4cc([C@@H](NC(=O)c5nonc5C)C5CCC(F)(F)CC5)nc4c3)C[C@@H](C(F)(F)F)NC2=O)o1. The molecule has 0 aromatic carbocycles. The van der Waals surface area contributed by atoms with Crippen LogP contribution in [0.4, 0.5) is 22.0 Å². The highest BCUT2D eigenvalue weighted by atomic mass is 19.4. The Kier molecular flexibility index (Phi) is 7.55. The summed E-state index contributed by atoms with van der Waals surface area (Å²) in [4.78, 5) is 30.8. The smallest absolute Gasteiger partial charge is 0.408 e. The number of fused-ring (bicyclic) bond motifs is 1. The predicted octanol–water partition coefficient (Wildman–Crippen LogP) is 3.63. The van der Waals surface area contributed by atoms with Gasteiger partial charge in [-0.3, -0.25) is 9.59 Å². The van der Waals surface area contributed by atoms with Crippen molar-refractivity contribution in [3.05, 3.63) is 52.9 Å². The number of hydrogen-bond acceptors (Lipinski definition) is 10. The summed E-state index contributed by atoms with van der Waals surface area (Å²) in [6, 6.07) is -1.28. The Morgan fingerprint density at radius 2 is 1.93 bits per heavy atom. The van der Waals surface area contributed by atoms with Gasteiger partial charge in [-0.25, -0.2) is 22.9 Å². The van der Waals surface area contributed by atoms with Gasteiger partial charge in [0.1, 0.15) is 11.7 Å². The summed E-state index contributed by atoms with van der Waals surface area (Å²) in [6.07, 6.45) is -3.11. The van der Waals surface area contributed by atoms with Crippen molar-refractivity contribution in [1.29, 1.82) is 0 Å². The van der Waals surface area contributed by atoms with E-state index in [1.807, 2.05) is 0 Å². The van der Waals surface area contributed by atoms with Gasteiger partial charge in [0.15, 0.2) is 11.3 Å². The fraction of sp³-hybridized carbons (Fsp3) is 0.556. The van der Waals surface area contributed by atoms with Crippen molar-refractivity contribution in [2.24, 2.45) is 11.3 Å². The first-order valence-electron chi connectivity index (χ1n) is 14.2. The summed E-state index contributed by atoms with van der Waals surface area (Å²) in [7, 11) is 0. The van der Waals surface area contributed by atoms with Crippen molar-refractivity contribution in [2.75, 3.05) is 0 Å². The lowest BCUT2D eigenvalue weighted by Crippen LogP contribution is -2.39. The number of aromatic nitrogens is 7. The molecule has 18 heteroatoms. The number of amides is 2. The van der Waals surface area contributed by atoms with E-state index in [-0.39, 0.29) is 73.3 Å². The summed E-state index contributed by atoms with van der Waals surface area (Å²) in [5.74, 6) is -4.39. The third-order valence-electron chi connectivity index (χ3n) is 8.48. The Morgan fingerprint density at radius 1 is 1.18 bits per heavy atom. The average molecular weight is 638 g/mol. The van der Waals surface area contributed by atoms with Gasteiger partial charge < -0.3 is 15.1 Å². The maximum Gasteiger partial charge on any atom is 0.408 e. The lowest BCUT2D eigenvalue weighted by Gasteiger charge is -2.33. The van der Waals surface area contributed by atoms with E-state index < -0.39 is 47.8 Å². The number of aryl methyl sites for hydroxylation is 2. The molecule has 13 nitrogen and oxygen atoms in total. The minimum absolute atomic E-state index is 0.0248. The molecule has 2 N–H and O–H groups in total. The maximum absolute atomic E-state index is 14.0. The molecule has 240 valence electrons. The molecule has 5 heterocycles. The molecule has 1 aliphatic carbocycles. The maximum atomic E-state index is 14.0. The third-order valence-corrected chi connectivity index (χ3v) is 8.48. The Hall–Kier alpha value is -4.51. The molecule has 2 fully saturated rings. The van der Waals surface area contributed by atoms with Crippen LogP contribution in [0.25, 0.3) is 5.65 Å². The Morgan fingerprint density at radius 3 is 2.56 bits per heavy atom. The first-order chi connectivity index (χ1) is 21.2. The minimum Gasteiger partial charge on any atom is -0.426 e. The number of hydrogen-bond donors (Lipinski definition) is 2. The number of halogens is 5. The molecule has 0 bridgehead atoms. The fourth-order valence-corrected chi connectivity index (χ4v) is 6.16. The molecule has 6 rings (SSSR count). The lowest BCUT2D eigenvalue weighted by atomic mass is 9.76. The molecule has 4 aromatic rings. The highest BCUT2D eigenvalue weighted by molar-refractivity contribution is 5.93. The van der Waals surface area contributed by atoms with Crippen molar-refractivity contribution in [3.63, 3.8) is 0 Å². The van der Waals surface area contributed by atoms with Crippen molar-refractivity contribution >= 4 is 17.5 Å². The van der Waals surface area contributed by atoms with Gasteiger partial charge >= 0.3 is 6.18 Å². The largest absolute Gasteiger partial charge is 0.426 e. The Bertz CT molecular complexity index is 1720. The zero-order valence-electron chi connectivity index (χ0n) is 24.1. The monoisotopic (exact) mass is 637 g/mol. The van der Waals surface area contributed by atoms with Crippen LogP contribution in [0.15, 0.2) is 27.5 Å². The number of nitrogens with zero attached hydrogens (tertiary/aromatic N) is 7. The summed E-state index contributed by atoms with van der Waals surface area (Å²) in [6.45, 7) is 3.06. The van der Waals surface area contributed by atoms with Crippen LogP contribution in [0.1, 0.15) is 77.4 Å². The fourth-order valence-electron chi connectivity index (χ4n) is 6.16. The molecule has 45 heavy (non-hydrogen) atoms. The number of imidazole rings is 1. The van der Waals surface area contributed by atoms with Gasteiger partial charge in [0.25, 0.3) is 5.91 Å². The zero-order chi connectivity index (χ0) is 32.1. The highest BCUT2D eigenvalue weighted by Crippen LogP contribution is 2.43. The number of rotatable bonds is 8. The zero-order valence-corrected chi connectivity index (χ0v) is 24.1. The Labute approximate surface area is 251 Å². The van der Waals surface area contributed by atoms with E-state index >= 15 is 0 Å². The summed E-state index contributed by atoms with van der Waals surface area (Å²) in [5.41, 5.74) is -0.353. The molecular formula is C27H28F5N9O4. The van der Waals surface area contributed by atoms with Crippen LogP contribution in [0.5, 0.6) is 0 Å². The molecule has 0 unspecified atom stereocenters. The van der Waals surface area contributed by atoms with E-state index in [1.165, 1.54) is 24.6 Å². The van der Waals surface area contributed by atoms with Crippen molar-refractivity contribution in [3.8, 4) is 0 Å². The van der Waals surface area contributed by atoms with Crippen molar-refractivity contribution in [1.82, 2.24) is 45.7 Å². The van der Waals surface area contributed by atoms with Gasteiger partial charge in [0, 0.05) is 26.2 Å². The second kappa shape index (κ2) is 11.1. The normalized spacial score (nSPS) is 22.9. The van der Waals surface area contributed by atoms with E-state index in [2.05, 4.69) is 45.9 Å². The van der Waals surface area contributed by atoms with E-state index in [4.69, 9.17) is 4.42 Å². The summed E-state index contributed by atoms with van der Waals surface area (Å²) < 4.78 is 80.4. The van der Waals surface area contributed by atoms with Crippen LogP contribution < -0.4 is 10.6 Å². The molecule has 1 saturated heterocycles. The van der Waals surface area contributed by atoms with Gasteiger partial charge in [-0.2, -0.15) is 18.3 Å². The third kappa shape index (κ3) is 6.22. The van der Waals surface area contributed by atoms with Crippen LogP contribution in [-0.2, 0) is 17.6 Å². The van der Waals surface area contributed by atoms with Crippen molar-refractivity contribution < 1.29 is 40.6 Å². The first kappa shape index (κ1) is 30.5. The van der Waals surface area contributed by atoms with E-state index in [9.17, 15) is 31.5 Å². The highest BCUT2D eigenvalue weighted by Gasteiger charge is 2.56. The molecule has 0 radical (unpaired) electrons. The summed E-state index contributed by atoms with van der Waals surface area (Å²) in [5, 5.41) is 24.1. The molecule has 2 amide bonds. The molecule has 1 saturated carbocycles. The number of carbonyl (C=O) groups excluding carboxylic acids is 2. The number of nitrogens with one attached hydrogen (secondary N) is 2. The first-order valence-corrected chi connectivity index (χ1v) is 14.2. The van der Waals surface area contributed by atoms with Gasteiger partial charge in [0.05, 0.1) is 29.5 Å². The molecule has 0 spiro atoms. The quantitative estimate of drug-likeness (QED) is 0.273. The van der Waals surface area contributed by atoms with Gasteiger partial charge in [-0.05, 0) is 55.3 Å². The molecule has 3 atom stereocenters. The average Bonchev–Trinajstić information content (AvgIpc) is 3.75. The van der Waals surface area contributed by atoms with Crippen LogP contribution >= 0.6 is 0 Å². The Balaban J connectivity index is 1.31. The molecule has 1 aliphatic heterocycles. The number of carbonyl (C=O) groups is 2. The molecule has 4 aromatic heterocycles. The van der Waals surface area contributed by atoms with Gasteiger partial charge in [-0.15, -0.1) is 10.2 Å². The second-order valence-corrected chi connectivity index (χ2v) is 11.8.